The van der Waals surface area contributed by atoms with Crippen LogP contribution in [-0.2, 0) is 32.4 Å². The fraction of sp³-hybridized carbons (Fsp3) is 0.576. The normalized spacial score (nSPS) is 18.3. The summed E-state index contributed by atoms with van der Waals surface area (Å²) in [6.07, 6.45) is 3.55. The van der Waals surface area contributed by atoms with E-state index in [-0.39, 0.29) is 23.8 Å². The number of benzene rings is 2. The van der Waals surface area contributed by atoms with E-state index in [1.165, 1.54) is 12.1 Å². The summed E-state index contributed by atoms with van der Waals surface area (Å²) < 4.78 is 103. The summed E-state index contributed by atoms with van der Waals surface area (Å²) >= 11 is 0. The maximum absolute atomic E-state index is 14.7. The summed E-state index contributed by atoms with van der Waals surface area (Å²) in [5.74, 6) is -3.14. The molecule has 274 valence electrons. The molecule has 0 fully saturated rings. The standard InChI is InChI=1S/C17H21F4NO5S.C16H22FNO3/c1-16(2,3)26-15(23)22-12-7-5-4-6-11-10(12)8-9-13(14(11)18)27-28(24,25)17(19,20)21;1-16(2,3)21-15(20)18-12-7-5-4-6-11-10(12)8-9-13(19)14(11)17/h8-9,12H,4-7H2,1-3H3,(H,22,23);8-9,12,19H,4-7H2,1-3H3,(H,18,20)/t2*12-/m11/s1. The number of carbonyl (C=O) groups is 2. The molecule has 0 radical (unpaired) electrons. The quantitative estimate of drug-likeness (QED) is 0.124. The van der Waals surface area contributed by atoms with Gasteiger partial charge in [0.05, 0.1) is 12.1 Å². The molecule has 2 aromatic carbocycles. The second kappa shape index (κ2) is 15.4. The van der Waals surface area contributed by atoms with Crippen LogP contribution in [0.4, 0.5) is 31.5 Å². The molecule has 0 bridgehead atoms. The van der Waals surface area contributed by atoms with E-state index in [1.807, 2.05) is 0 Å². The number of alkyl halides is 3. The number of hydrogen-bond acceptors (Lipinski definition) is 8. The molecule has 2 aromatic rings. The lowest BCUT2D eigenvalue weighted by Crippen LogP contribution is -2.35. The van der Waals surface area contributed by atoms with Crippen molar-refractivity contribution in [3.63, 3.8) is 0 Å². The van der Waals surface area contributed by atoms with E-state index in [4.69, 9.17) is 9.47 Å². The maximum Gasteiger partial charge on any atom is 0.534 e. The van der Waals surface area contributed by atoms with Crippen molar-refractivity contribution in [3.05, 3.63) is 58.2 Å². The van der Waals surface area contributed by atoms with Gasteiger partial charge in [-0.3, -0.25) is 0 Å². The zero-order chi connectivity index (χ0) is 36.9. The first-order valence-electron chi connectivity index (χ1n) is 15.8. The Bertz CT molecular complexity index is 1620. The Kier molecular flexibility index (Phi) is 12.4. The van der Waals surface area contributed by atoms with Gasteiger partial charge in [-0.15, -0.1) is 0 Å². The third kappa shape index (κ3) is 11.1. The van der Waals surface area contributed by atoms with Crippen molar-refractivity contribution in [1.29, 1.82) is 0 Å². The lowest BCUT2D eigenvalue weighted by molar-refractivity contribution is -0.0501. The number of aromatic hydroxyl groups is 1. The van der Waals surface area contributed by atoms with E-state index in [0.717, 1.165) is 30.9 Å². The smallest absolute Gasteiger partial charge is 0.505 e. The van der Waals surface area contributed by atoms with Crippen LogP contribution in [0.2, 0.25) is 0 Å². The second-order valence-corrected chi connectivity index (χ2v) is 15.3. The van der Waals surface area contributed by atoms with Crippen molar-refractivity contribution < 1.29 is 58.7 Å². The van der Waals surface area contributed by atoms with Crippen LogP contribution in [0, 0.1) is 11.6 Å². The highest BCUT2D eigenvalue weighted by atomic mass is 32.2. The highest BCUT2D eigenvalue weighted by Crippen LogP contribution is 2.37. The zero-order valence-electron chi connectivity index (χ0n) is 28.2. The third-order valence-electron chi connectivity index (χ3n) is 7.46. The van der Waals surface area contributed by atoms with Crippen molar-refractivity contribution in [2.45, 2.75) is 122 Å². The second-order valence-electron chi connectivity index (χ2n) is 13.8. The maximum atomic E-state index is 14.7. The Morgan fingerprint density at radius 3 is 1.59 bits per heavy atom. The number of phenolic OH excluding ortho intramolecular Hbond substituents is 1. The topological polar surface area (TPSA) is 140 Å². The molecule has 49 heavy (non-hydrogen) atoms. The Balaban J connectivity index is 0.000000276. The van der Waals surface area contributed by atoms with E-state index in [0.29, 0.717) is 36.8 Å². The first kappa shape index (κ1) is 39.6. The molecule has 0 saturated heterocycles. The Labute approximate surface area is 282 Å². The minimum absolute atomic E-state index is 0.00781. The van der Waals surface area contributed by atoms with Crippen LogP contribution >= 0.6 is 0 Å². The van der Waals surface area contributed by atoms with Crippen LogP contribution in [0.15, 0.2) is 24.3 Å². The molecule has 4 rings (SSSR count). The Morgan fingerprint density at radius 1 is 0.735 bits per heavy atom. The summed E-state index contributed by atoms with van der Waals surface area (Å²) in [7, 11) is -5.99. The van der Waals surface area contributed by atoms with Gasteiger partial charge in [0.1, 0.15) is 11.2 Å². The van der Waals surface area contributed by atoms with Gasteiger partial charge >= 0.3 is 27.8 Å². The largest absolute Gasteiger partial charge is 0.534 e. The van der Waals surface area contributed by atoms with Crippen LogP contribution in [0.5, 0.6) is 11.5 Å². The molecule has 2 amide bonds. The molecule has 0 aliphatic heterocycles. The van der Waals surface area contributed by atoms with E-state index >= 15 is 0 Å². The number of hydrogen-bond donors (Lipinski definition) is 3. The number of rotatable bonds is 4. The molecule has 2 aliphatic rings. The monoisotopic (exact) mass is 722 g/mol. The number of alkyl carbamates (subject to hydrolysis) is 2. The van der Waals surface area contributed by atoms with Gasteiger partial charge in [-0.1, -0.05) is 25.0 Å². The first-order valence-corrected chi connectivity index (χ1v) is 17.2. The van der Waals surface area contributed by atoms with E-state index in [9.17, 15) is 45.1 Å². The van der Waals surface area contributed by atoms with Gasteiger partial charge in [-0.2, -0.15) is 21.6 Å². The lowest BCUT2D eigenvalue weighted by Gasteiger charge is -2.24. The Morgan fingerprint density at radius 2 is 1.16 bits per heavy atom. The molecule has 0 saturated carbocycles. The van der Waals surface area contributed by atoms with Gasteiger partial charge < -0.3 is 29.4 Å². The number of phenols is 1. The summed E-state index contributed by atoms with van der Waals surface area (Å²) in [5, 5.41) is 14.9. The third-order valence-corrected chi connectivity index (χ3v) is 8.42. The molecular weight excluding hydrogens is 679 g/mol. The van der Waals surface area contributed by atoms with Gasteiger partial charge in [-0.25, -0.2) is 18.4 Å². The fourth-order valence-electron chi connectivity index (χ4n) is 5.44. The number of fused-ring (bicyclic) bond motifs is 2. The summed E-state index contributed by atoms with van der Waals surface area (Å²) in [6, 6.07) is 4.17. The number of ether oxygens (including phenoxy) is 2. The van der Waals surface area contributed by atoms with Crippen LogP contribution in [0.25, 0.3) is 0 Å². The molecule has 10 nitrogen and oxygen atoms in total. The Hall–Kier alpha value is -3.82. The van der Waals surface area contributed by atoms with Crippen molar-refractivity contribution >= 4 is 22.3 Å². The number of amides is 2. The molecule has 16 heteroatoms. The summed E-state index contributed by atoms with van der Waals surface area (Å²) in [6.45, 7) is 10.4. The predicted molar refractivity (Wildman–Crippen MR) is 169 cm³/mol. The SMILES string of the molecule is CC(C)(C)OC(=O)N[C@@H]1CCCCc2c1ccc(O)c2F.CC(C)(C)OC(=O)N[C@@H]1CCCCc2c1ccc(OS(=O)(=O)C(F)(F)F)c2F. The van der Waals surface area contributed by atoms with Crippen molar-refractivity contribution in [2.24, 2.45) is 0 Å². The van der Waals surface area contributed by atoms with Gasteiger partial charge in [-0.05, 0) is 114 Å². The minimum atomic E-state index is -5.99. The molecule has 2 aliphatic carbocycles. The summed E-state index contributed by atoms with van der Waals surface area (Å²) in [4.78, 5) is 24.0. The predicted octanol–water partition coefficient (Wildman–Crippen LogP) is 8.17. The average Bonchev–Trinajstić information content (AvgIpc) is 3.27. The number of nitrogens with one attached hydrogen (secondary N) is 2. The van der Waals surface area contributed by atoms with Gasteiger partial charge in [0.25, 0.3) is 0 Å². The molecule has 0 heterocycles. The van der Waals surface area contributed by atoms with Gasteiger partial charge in [0.2, 0.25) is 0 Å². The van der Waals surface area contributed by atoms with Crippen LogP contribution in [0.1, 0.15) is 114 Å². The van der Waals surface area contributed by atoms with Crippen molar-refractivity contribution in [2.75, 3.05) is 0 Å². The molecule has 3 N–H and O–H groups in total. The molecule has 0 spiro atoms. The highest BCUT2D eigenvalue weighted by Gasteiger charge is 2.49. The van der Waals surface area contributed by atoms with Crippen LogP contribution in [-0.4, -0.2) is 42.4 Å². The zero-order valence-corrected chi connectivity index (χ0v) is 29.0. The van der Waals surface area contributed by atoms with Gasteiger partial charge in [0.15, 0.2) is 23.1 Å². The van der Waals surface area contributed by atoms with Crippen molar-refractivity contribution in [1.82, 2.24) is 10.6 Å². The van der Waals surface area contributed by atoms with E-state index < -0.39 is 62.4 Å². The minimum Gasteiger partial charge on any atom is -0.505 e. The number of carbonyl (C=O) groups excluding carboxylic acids is 2. The van der Waals surface area contributed by atoms with Gasteiger partial charge in [0, 0.05) is 0 Å². The summed E-state index contributed by atoms with van der Waals surface area (Å²) in [5.41, 5.74) is -5.41. The molecule has 0 unspecified atom stereocenters. The number of halogens is 5. The molecular formula is C33H43F5N2O8S. The van der Waals surface area contributed by atoms with E-state index in [1.54, 1.807) is 47.6 Å². The molecule has 0 aromatic heterocycles. The van der Waals surface area contributed by atoms with Crippen molar-refractivity contribution in [3.8, 4) is 11.5 Å². The van der Waals surface area contributed by atoms with Crippen LogP contribution < -0.4 is 14.8 Å². The highest BCUT2D eigenvalue weighted by molar-refractivity contribution is 7.88. The van der Waals surface area contributed by atoms with Crippen LogP contribution in [0.3, 0.4) is 0 Å². The fourth-order valence-corrected chi connectivity index (χ4v) is 5.90. The molecule has 2 atom stereocenters. The van der Waals surface area contributed by atoms with E-state index in [2.05, 4.69) is 14.8 Å². The lowest BCUT2D eigenvalue weighted by atomic mass is 9.98. The average molecular weight is 723 g/mol. The first-order chi connectivity index (χ1) is 22.5.